The van der Waals surface area contributed by atoms with E-state index >= 15 is 0 Å². The summed E-state index contributed by atoms with van der Waals surface area (Å²) >= 11 is 0. The van der Waals surface area contributed by atoms with Crippen molar-refractivity contribution >= 4 is 0 Å². The van der Waals surface area contributed by atoms with E-state index < -0.39 is 0 Å². The van der Waals surface area contributed by atoms with E-state index in [1.165, 1.54) is 11.1 Å². The van der Waals surface area contributed by atoms with Gasteiger partial charge in [-0.05, 0) is 18.9 Å². The molecule has 0 amide bonds. The van der Waals surface area contributed by atoms with E-state index in [4.69, 9.17) is 9.47 Å². The van der Waals surface area contributed by atoms with Gasteiger partial charge in [0.1, 0.15) is 0 Å². The van der Waals surface area contributed by atoms with Crippen LogP contribution in [-0.4, -0.2) is 19.0 Å². The fraction of sp³-hybridized carbons (Fsp3) is 0.636. The second-order valence-electron chi connectivity index (χ2n) is 3.82. The lowest BCUT2D eigenvalue weighted by molar-refractivity contribution is -0.161. The maximum atomic E-state index is 5.61. The van der Waals surface area contributed by atoms with Crippen LogP contribution in [0.15, 0.2) is 23.8 Å². The third kappa shape index (κ3) is 1.69. The minimum atomic E-state index is -0.279. The monoisotopic (exact) mass is 180 g/mol. The molecule has 1 spiro atoms. The molecular weight excluding hydrogens is 164 g/mol. The Morgan fingerprint density at radius 2 is 2.15 bits per heavy atom. The van der Waals surface area contributed by atoms with E-state index in [1.54, 1.807) is 0 Å². The van der Waals surface area contributed by atoms with Crippen molar-refractivity contribution in [3.8, 4) is 0 Å². The highest BCUT2D eigenvalue weighted by atomic mass is 16.7. The fourth-order valence-electron chi connectivity index (χ4n) is 1.95. The lowest BCUT2D eigenvalue weighted by Gasteiger charge is -2.30. The lowest BCUT2D eigenvalue weighted by atomic mass is 9.91. The molecule has 13 heavy (non-hydrogen) atoms. The lowest BCUT2D eigenvalue weighted by Crippen LogP contribution is -2.31. The molecular formula is C11H16O2. The first-order valence-corrected chi connectivity index (χ1v) is 4.85. The molecule has 2 aliphatic rings. The number of ether oxygens (including phenoxy) is 2. The zero-order valence-corrected chi connectivity index (χ0v) is 8.14. The van der Waals surface area contributed by atoms with Crippen molar-refractivity contribution in [3.05, 3.63) is 23.8 Å². The first-order chi connectivity index (χ1) is 6.22. The average molecular weight is 180 g/mol. The number of hydrogen-bond donors (Lipinski definition) is 0. The normalized spacial score (nSPS) is 26.1. The number of hydrogen-bond acceptors (Lipinski definition) is 2. The summed E-state index contributed by atoms with van der Waals surface area (Å²) < 4.78 is 11.2. The van der Waals surface area contributed by atoms with E-state index in [-0.39, 0.29) is 5.79 Å². The number of rotatable bonds is 1. The summed E-state index contributed by atoms with van der Waals surface area (Å²) in [5, 5.41) is 0. The zero-order valence-electron chi connectivity index (χ0n) is 8.14. The van der Waals surface area contributed by atoms with Crippen LogP contribution in [0.25, 0.3) is 0 Å². The van der Waals surface area contributed by atoms with Crippen LogP contribution in [0.3, 0.4) is 0 Å². The molecule has 1 saturated heterocycles. The van der Waals surface area contributed by atoms with Crippen molar-refractivity contribution in [2.24, 2.45) is 0 Å². The largest absolute Gasteiger partial charge is 0.347 e. The minimum Gasteiger partial charge on any atom is -0.347 e. The van der Waals surface area contributed by atoms with Gasteiger partial charge in [-0.1, -0.05) is 18.2 Å². The van der Waals surface area contributed by atoms with Crippen LogP contribution in [0.4, 0.5) is 0 Å². The SMILES string of the molecule is C=C(C)C1=CCC2(CC1)OCCO2. The molecule has 1 aliphatic heterocycles. The maximum Gasteiger partial charge on any atom is 0.172 e. The Labute approximate surface area is 79.2 Å². The topological polar surface area (TPSA) is 18.5 Å². The van der Waals surface area contributed by atoms with Gasteiger partial charge in [0, 0.05) is 12.8 Å². The van der Waals surface area contributed by atoms with Crippen molar-refractivity contribution in [1.82, 2.24) is 0 Å². The molecule has 0 N–H and O–H groups in total. The van der Waals surface area contributed by atoms with Crippen molar-refractivity contribution in [2.45, 2.75) is 32.0 Å². The third-order valence-electron chi connectivity index (χ3n) is 2.80. The van der Waals surface area contributed by atoms with Crippen LogP contribution in [-0.2, 0) is 9.47 Å². The molecule has 0 aromatic heterocycles. The van der Waals surface area contributed by atoms with Gasteiger partial charge in [-0.15, -0.1) is 0 Å². The Morgan fingerprint density at radius 1 is 1.46 bits per heavy atom. The van der Waals surface area contributed by atoms with Crippen molar-refractivity contribution < 1.29 is 9.47 Å². The van der Waals surface area contributed by atoms with Gasteiger partial charge < -0.3 is 9.47 Å². The summed E-state index contributed by atoms with van der Waals surface area (Å²) in [6, 6.07) is 0. The molecule has 0 atom stereocenters. The highest BCUT2D eigenvalue weighted by Gasteiger charge is 2.37. The summed E-state index contributed by atoms with van der Waals surface area (Å²) in [5.41, 5.74) is 2.54. The third-order valence-corrected chi connectivity index (χ3v) is 2.80. The van der Waals surface area contributed by atoms with E-state index in [0.717, 1.165) is 32.5 Å². The van der Waals surface area contributed by atoms with Gasteiger partial charge in [-0.25, -0.2) is 0 Å². The quantitative estimate of drug-likeness (QED) is 0.617. The number of allylic oxidation sites excluding steroid dienone is 2. The summed E-state index contributed by atoms with van der Waals surface area (Å²) in [5.74, 6) is -0.279. The van der Waals surface area contributed by atoms with Gasteiger partial charge in [-0.2, -0.15) is 0 Å². The van der Waals surface area contributed by atoms with Gasteiger partial charge >= 0.3 is 0 Å². The predicted octanol–water partition coefficient (Wildman–Crippen LogP) is 2.42. The van der Waals surface area contributed by atoms with Gasteiger partial charge in [0.15, 0.2) is 5.79 Å². The van der Waals surface area contributed by atoms with Gasteiger partial charge in [0.05, 0.1) is 13.2 Å². The predicted molar refractivity (Wildman–Crippen MR) is 51.4 cm³/mol. The van der Waals surface area contributed by atoms with Crippen molar-refractivity contribution in [2.75, 3.05) is 13.2 Å². The van der Waals surface area contributed by atoms with Crippen LogP contribution in [0.2, 0.25) is 0 Å². The Balaban J connectivity index is 2.06. The fourth-order valence-corrected chi connectivity index (χ4v) is 1.95. The second kappa shape index (κ2) is 3.28. The van der Waals surface area contributed by atoms with Gasteiger partial charge in [0.2, 0.25) is 0 Å². The maximum absolute atomic E-state index is 5.61. The molecule has 0 radical (unpaired) electrons. The molecule has 1 fully saturated rings. The van der Waals surface area contributed by atoms with Crippen LogP contribution in [0, 0.1) is 0 Å². The smallest absolute Gasteiger partial charge is 0.172 e. The average Bonchev–Trinajstić information content (AvgIpc) is 2.54. The van der Waals surface area contributed by atoms with Gasteiger partial charge in [0.25, 0.3) is 0 Å². The molecule has 2 heteroatoms. The molecule has 0 bridgehead atoms. The molecule has 1 heterocycles. The summed E-state index contributed by atoms with van der Waals surface area (Å²) in [4.78, 5) is 0. The summed E-state index contributed by atoms with van der Waals surface area (Å²) in [6.07, 6.45) is 5.10. The Bertz CT molecular complexity index is 247. The van der Waals surface area contributed by atoms with Crippen molar-refractivity contribution in [3.63, 3.8) is 0 Å². The first kappa shape index (κ1) is 8.97. The molecule has 0 saturated carbocycles. The molecule has 0 aromatic rings. The van der Waals surface area contributed by atoms with Crippen LogP contribution >= 0.6 is 0 Å². The van der Waals surface area contributed by atoms with E-state index in [0.29, 0.717) is 0 Å². The van der Waals surface area contributed by atoms with Gasteiger partial charge in [-0.3, -0.25) is 0 Å². The van der Waals surface area contributed by atoms with E-state index in [2.05, 4.69) is 19.6 Å². The molecule has 0 aromatic carbocycles. The Kier molecular flexibility index (Phi) is 2.26. The van der Waals surface area contributed by atoms with E-state index in [9.17, 15) is 0 Å². The Morgan fingerprint density at radius 3 is 2.62 bits per heavy atom. The Hall–Kier alpha value is -0.600. The minimum absolute atomic E-state index is 0.279. The van der Waals surface area contributed by atoms with E-state index in [1.807, 2.05) is 0 Å². The summed E-state index contributed by atoms with van der Waals surface area (Å²) in [7, 11) is 0. The molecule has 2 rings (SSSR count). The highest BCUT2D eigenvalue weighted by molar-refractivity contribution is 5.28. The highest BCUT2D eigenvalue weighted by Crippen LogP contribution is 2.36. The standard InChI is InChI=1S/C11H16O2/c1-9(2)10-3-5-11(6-4-10)12-7-8-13-11/h3H,1,4-8H2,2H3. The molecule has 1 aliphatic carbocycles. The van der Waals surface area contributed by atoms with Crippen LogP contribution in [0.1, 0.15) is 26.2 Å². The summed E-state index contributed by atoms with van der Waals surface area (Å²) in [6.45, 7) is 7.49. The second-order valence-corrected chi connectivity index (χ2v) is 3.82. The van der Waals surface area contributed by atoms with Crippen LogP contribution in [0.5, 0.6) is 0 Å². The van der Waals surface area contributed by atoms with Crippen molar-refractivity contribution in [1.29, 1.82) is 0 Å². The zero-order chi connectivity index (χ0) is 9.31. The first-order valence-electron chi connectivity index (χ1n) is 4.85. The molecule has 2 nitrogen and oxygen atoms in total. The van der Waals surface area contributed by atoms with Crippen LogP contribution < -0.4 is 0 Å². The molecule has 0 unspecified atom stereocenters. The molecule has 72 valence electrons.